The molecule has 1 aromatic carbocycles. The molecule has 0 aliphatic rings. The van der Waals surface area contributed by atoms with Gasteiger partial charge in [0.1, 0.15) is 11.5 Å². The highest BCUT2D eigenvalue weighted by atomic mass is 16.5. The summed E-state index contributed by atoms with van der Waals surface area (Å²) in [5.74, 6) is 1.74. The van der Waals surface area contributed by atoms with Gasteiger partial charge in [-0.25, -0.2) is 0 Å². The molecule has 0 N–H and O–H groups in total. The summed E-state index contributed by atoms with van der Waals surface area (Å²) in [5, 5.41) is 0. The Morgan fingerprint density at radius 3 is 2.61 bits per heavy atom. The molecular weight excluding hydrogens is 222 g/mol. The molecule has 0 aliphatic heterocycles. The van der Waals surface area contributed by atoms with Crippen LogP contribution in [0.2, 0.25) is 0 Å². The van der Waals surface area contributed by atoms with E-state index >= 15 is 0 Å². The van der Waals surface area contributed by atoms with Gasteiger partial charge in [0.25, 0.3) is 0 Å². The Morgan fingerprint density at radius 1 is 1.00 bits per heavy atom. The van der Waals surface area contributed by atoms with E-state index in [9.17, 15) is 0 Å². The summed E-state index contributed by atoms with van der Waals surface area (Å²) in [6.45, 7) is 2.21. The normalized spacial score (nSPS) is 10.3. The standard InChI is InChI=1S/C16H19NO/c1-2-3-5-11-15-16(12-8-13-17-15)18-14-9-6-4-7-10-14/h4,6-10,12-13H,2-3,5,11H2,1H3. The lowest BCUT2D eigenvalue weighted by Crippen LogP contribution is -1.95. The predicted molar refractivity (Wildman–Crippen MR) is 74.0 cm³/mol. The molecule has 0 amide bonds. The predicted octanol–water partition coefficient (Wildman–Crippen LogP) is 4.61. The number of benzene rings is 1. The molecular formula is C16H19NO. The molecule has 94 valence electrons. The zero-order valence-corrected chi connectivity index (χ0v) is 10.8. The summed E-state index contributed by atoms with van der Waals surface area (Å²) in [5.41, 5.74) is 1.05. The molecule has 0 aliphatic carbocycles. The largest absolute Gasteiger partial charge is 0.455 e. The van der Waals surface area contributed by atoms with Crippen LogP contribution in [0.25, 0.3) is 0 Å². The zero-order chi connectivity index (χ0) is 12.6. The number of unbranched alkanes of at least 4 members (excludes halogenated alkanes) is 2. The summed E-state index contributed by atoms with van der Waals surface area (Å²) in [4.78, 5) is 4.42. The molecule has 18 heavy (non-hydrogen) atoms. The molecule has 0 bridgehead atoms. The lowest BCUT2D eigenvalue weighted by molar-refractivity contribution is 0.470. The van der Waals surface area contributed by atoms with E-state index in [0.29, 0.717) is 0 Å². The van der Waals surface area contributed by atoms with Gasteiger partial charge in [0.2, 0.25) is 0 Å². The Kier molecular flexibility index (Phi) is 4.77. The molecule has 0 radical (unpaired) electrons. The quantitative estimate of drug-likeness (QED) is 0.689. The molecule has 1 aromatic heterocycles. The highest BCUT2D eigenvalue weighted by molar-refractivity contribution is 5.33. The van der Waals surface area contributed by atoms with Crippen LogP contribution < -0.4 is 4.74 Å². The SMILES string of the molecule is CCCCCc1ncccc1Oc1ccccc1. The van der Waals surface area contributed by atoms with E-state index in [2.05, 4.69) is 11.9 Å². The molecule has 0 saturated carbocycles. The van der Waals surface area contributed by atoms with Crippen molar-refractivity contribution in [2.75, 3.05) is 0 Å². The van der Waals surface area contributed by atoms with Crippen molar-refractivity contribution in [2.45, 2.75) is 32.6 Å². The molecule has 0 atom stereocenters. The minimum Gasteiger partial charge on any atom is -0.455 e. The van der Waals surface area contributed by atoms with Crippen LogP contribution in [0.5, 0.6) is 11.5 Å². The molecule has 2 heteroatoms. The lowest BCUT2D eigenvalue weighted by atomic mass is 10.1. The maximum absolute atomic E-state index is 5.88. The summed E-state index contributed by atoms with van der Waals surface area (Å²) >= 11 is 0. The molecule has 0 fully saturated rings. The van der Waals surface area contributed by atoms with Crippen molar-refractivity contribution >= 4 is 0 Å². The summed E-state index contributed by atoms with van der Waals surface area (Å²) in [7, 11) is 0. The second kappa shape index (κ2) is 6.80. The molecule has 2 nitrogen and oxygen atoms in total. The fourth-order valence-corrected chi connectivity index (χ4v) is 1.86. The maximum Gasteiger partial charge on any atom is 0.148 e. The first kappa shape index (κ1) is 12.6. The summed E-state index contributed by atoms with van der Waals surface area (Å²) < 4.78 is 5.88. The van der Waals surface area contributed by atoms with E-state index in [1.807, 2.05) is 48.7 Å². The number of rotatable bonds is 6. The summed E-state index contributed by atoms with van der Waals surface area (Å²) in [6, 6.07) is 13.8. The number of hydrogen-bond acceptors (Lipinski definition) is 2. The Hall–Kier alpha value is -1.83. The van der Waals surface area contributed by atoms with Crippen molar-refractivity contribution in [3.05, 3.63) is 54.4 Å². The Balaban J connectivity index is 2.07. The van der Waals surface area contributed by atoms with Gasteiger partial charge in [-0.1, -0.05) is 38.0 Å². The second-order valence-electron chi connectivity index (χ2n) is 4.32. The van der Waals surface area contributed by atoms with Crippen LogP contribution >= 0.6 is 0 Å². The Labute approximate surface area is 109 Å². The van der Waals surface area contributed by atoms with E-state index < -0.39 is 0 Å². The second-order valence-corrected chi connectivity index (χ2v) is 4.32. The number of aromatic nitrogens is 1. The van der Waals surface area contributed by atoms with Crippen LogP contribution in [0.4, 0.5) is 0 Å². The third-order valence-electron chi connectivity index (χ3n) is 2.84. The highest BCUT2D eigenvalue weighted by Gasteiger charge is 2.05. The fraction of sp³-hybridized carbons (Fsp3) is 0.312. The van der Waals surface area contributed by atoms with E-state index in [-0.39, 0.29) is 0 Å². The van der Waals surface area contributed by atoms with Gasteiger partial charge in [-0.05, 0) is 37.1 Å². The third-order valence-corrected chi connectivity index (χ3v) is 2.84. The van der Waals surface area contributed by atoms with Gasteiger partial charge in [-0.15, -0.1) is 0 Å². The van der Waals surface area contributed by atoms with E-state index in [1.54, 1.807) is 0 Å². The van der Waals surface area contributed by atoms with E-state index in [4.69, 9.17) is 4.74 Å². The van der Waals surface area contributed by atoms with Gasteiger partial charge in [0.15, 0.2) is 0 Å². The van der Waals surface area contributed by atoms with Crippen molar-refractivity contribution in [2.24, 2.45) is 0 Å². The van der Waals surface area contributed by atoms with E-state index in [0.717, 1.165) is 23.6 Å². The minimum atomic E-state index is 0.863. The molecule has 2 rings (SSSR count). The zero-order valence-electron chi connectivity index (χ0n) is 10.8. The number of ether oxygens (including phenoxy) is 1. The highest BCUT2D eigenvalue weighted by Crippen LogP contribution is 2.24. The first-order valence-corrected chi connectivity index (χ1v) is 6.57. The molecule has 2 aromatic rings. The first-order chi connectivity index (χ1) is 8.90. The van der Waals surface area contributed by atoms with Crippen LogP contribution in [-0.2, 0) is 6.42 Å². The van der Waals surface area contributed by atoms with Gasteiger partial charge in [-0.2, -0.15) is 0 Å². The summed E-state index contributed by atoms with van der Waals surface area (Å²) in [6.07, 6.45) is 6.44. The minimum absolute atomic E-state index is 0.863. The molecule has 0 spiro atoms. The molecule has 1 heterocycles. The fourth-order valence-electron chi connectivity index (χ4n) is 1.86. The van der Waals surface area contributed by atoms with Crippen LogP contribution in [0, 0.1) is 0 Å². The van der Waals surface area contributed by atoms with Gasteiger partial charge in [0, 0.05) is 6.20 Å². The lowest BCUT2D eigenvalue weighted by Gasteiger charge is -2.09. The van der Waals surface area contributed by atoms with Crippen LogP contribution in [0.1, 0.15) is 31.9 Å². The number of aryl methyl sites for hydroxylation is 1. The van der Waals surface area contributed by atoms with Crippen LogP contribution in [-0.4, -0.2) is 4.98 Å². The van der Waals surface area contributed by atoms with Crippen molar-refractivity contribution in [1.82, 2.24) is 4.98 Å². The maximum atomic E-state index is 5.88. The van der Waals surface area contributed by atoms with Crippen molar-refractivity contribution in [3.63, 3.8) is 0 Å². The van der Waals surface area contributed by atoms with E-state index in [1.165, 1.54) is 19.3 Å². The number of hydrogen-bond donors (Lipinski definition) is 0. The Bertz CT molecular complexity index is 468. The van der Waals surface area contributed by atoms with Gasteiger partial charge in [0.05, 0.1) is 5.69 Å². The van der Waals surface area contributed by atoms with Crippen molar-refractivity contribution in [3.8, 4) is 11.5 Å². The van der Waals surface area contributed by atoms with Crippen molar-refractivity contribution in [1.29, 1.82) is 0 Å². The number of nitrogens with zero attached hydrogens (tertiary/aromatic N) is 1. The monoisotopic (exact) mass is 241 g/mol. The Morgan fingerprint density at radius 2 is 1.83 bits per heavy atom. The number of pyridine rings is 1. The van der Waals surface area contributed by atoms with Gasteiger partial charge < -0.3 is 4.74 Å². The van der Waals surface area contributed by atoms with Crippen LogP contribution in [0.3, 0.4) is 0 Å². The average Bonchev–Trinajstić information content (AvgIpc) is 2.42. The van der Waals surface area contributed by atoms with Crippen molar-refractivity contribution < 1.29 is 4.74 Å². The smallest absolute Gasteiger partial charge is 0.148 e. The topological polar surface area (TPSA) is 22.1 Å². The first-order valence-electron chi connectivity index (χ1n) is 6.57. The van der Waals surface area contributed by atoms with Gasteiger partial charge in [-0.3, -0.25) is 4.98 Å². The third kappa shape index (κ3) is 3.59. The average molecular weight is 241 g/mol. The van der Waals surface area contributed by atoms with Crippen LogP contribution in [0.15, 0.2) is 48.7 Å². The number of para-hydroxylation sites is 1. The van der Waals surface area contributed by atoms with Gasteiger partial charge >= 0.3 is 0 Å². The molecule has 0 unspecified atom stereocenters. The molecule has 0 saturated heterocycles.